The van der Waals surface area contributed by atoms with Crippen LogP contribution in [0.25, 0.3) is 0 Å². The van der Waals surface area contributed by atoms with Gasteiger partial charge in [0.25, 0.3) is 5.91 Å². The van der Waals surface area contributed by atoms with Crippen molar-refractivity contribution in [3.8, 4) is 0 Å². The van der Waals surface area contributed by atoms with Crippen molar-refractivity contribution >= 4 is 17.3 Å². The number of hydrogen-bond donors (Lipinski definition) is 3. The third-order valence-electron chi connectivity index (χ3n) is 1.92. The summed E-state index contributed by atoms with van der Waals surface area (Å²) < 4.78 is 13.2. The van der Waals surface area contributed by atoms with Crippen LogP contribution in [0.2, 0.25) is 0 Å². The molecule has 0 saturated carbocycles. The van der Waals surface area contributed by atoms with Gasteiger partial charge in [-0.2, -0.15) is 5.10 Å². The zero-order valence-electron chi connectivity index (χ0n) is 8.07. The minimum Gasteiger partial charge on any atom is -0.396 e. The highest BCUT2D eigenvalue weighted by Crippen LogP contribution is 2.14. The molecule has 2 rings (SSSR count). The molecule has 6 nitrogen and oxygen atoms in total. The molecule has 2 heterocycles. The Kier molecular flexibility index (Phi) is 2.50. The lowest BCUT2D eigenvalue weighted by molar-refractivity contribution is 0.102. The second-order valence-corrected chi connectivity index (χ2v) is 3.01. The summed E-state index contributed by atoms with van der Waals surface area (Å²) in [5.74, 6) is -1.17. The lowest BCUT2D eigenvalue weighted by atomic mass is 10.3. The molecule has 0 unspecified atom stereocenters. The Bertz CT molecular complexity index is 524. The maximum atomic E-state index is 13.2. The van der Waals surface area contributed by atoms with Crippen LogP contribution in [0.3, 0.4) is 0 Å². The lowest BCUT2D eigenvalue weighted by Crippen LogP contribution is -2.15. The van der Waals surface area contributed by atoms with Gasteiger partial charge in [-0.25, -0.2) is 4.39 Å². The van der Waals surface area contributed by atoms with Crippen molar-refractivity contribution in [3.05, 3.63) is 36.2 Å². The average molecular weight is 221 g/mol. The summed E-state index contributed by atoms with van der Waals surface area (Å²) in [6.45, 7) is 0. The fourth-order valence-corrected chi connectivity index (χ4v) is 1.14. The zero-order valence-corrected chi connectivity index (χ0v) is 8.07. The SMILES string of the molecule is Nc1cn[nH]c1C(=O)Nc1ccncc1F. The number of halogens is 1. The standard InChI is InChI=1S/C9H8FN5O/c10-5-3-12-2-1-7(5)14-9(16)8-6(11)4-13-15-8/h1-4H,11H2,(H,13,15)(H,12,14,16). The van der Waals surface area contributed by atoms with Crippen molar-refractivity contribution < 1.29 is 9.18 Å². The highest BCUT2D eigenvalue weighted by molar-refractivity contribution is 6.06. The van der Waals surface area contributed by atoms with Crippen molar-refractivity contribution in [2.75, 3.05) is 11.1 Å². The largest absolute Gasteiger partial charge is 0.396 e. The number of hydrogen-bond acceptors (Lipinski definition) is 4. The molecule has 0 aromatic carbocycles. The highest BCUT2D eigenvalue weighted by atomic mass is 19.1. The summed E-state index contributed by atoms with van der Waals surface area (Å²) in [6, 6.07) is 1.35. The fraction of sp³-hybridized carbons (Fsp3) is 0. The molecule has 7 heteroatoms. The molecule has 4 N–H and O–H groups in total. The number of carbonyl (C=O) groups excluding carboxylic acids is 1. The van der Waals surface area contributed by atoms with E-state index in [1.165, 1.54) is 18.5 Å². The first-order chi connectivity index (χ1) is 7.68. The van der Waals surface area contributed by atoms with Crippen LogP contribution in [-0.2, 0) is 0 Å². The molecule has 0 aliphatic carbocycles. The first-order valence-electron chi connectivity index (χ1n) is 4.38. The van der Waals surface area contributed by atoms with Crippen LogP contribution in [0.4, 0.5) is 15.8 Å². The van der Waals surface area contributed by atoms with Gasteiger partial charge in [0.2, 0.25) is 0 Å². The van der Waals surface area contributed by atoms with Gasteiger partial charge in [0, 0.05) is 6.20 Å². The van der Waals surface area contributed by atoms with E-state index in [2.05, 4.69) is 20.5 Å². The molecule has 1 amide bonds. The summed E-state index contributed by atoms with van der Waals surface area (Å²) in [5.41, 5.74) is 5.80. The van der Waals surface area contributed by atoms with Gasteiger partial charge in [-0.3, -0.25) is 14.9 Å². The van der Waals surface area contributed by atoms with Gasteiger partial charge < -0.3 is 11.1 Å². The van der Waals surface area contributed by atoms with Crippen molar-refractivity contribution in [1.82, 2.24) is 15.2 Å². The van der Waals surface area contributed by atoms with Crippen molar-refractivity contribution in [1.29, 1.82) is 0 Å². The molecule has 0 spiro atoms. The molecular weight excluding hydrogens is 213 g/mol. The maximum Gasteiger partial charge on any atom is 0.275 e. The Labute approximate surface area is 89.7 Å². The summed E-state index contributed by atoms with van der Waals surface area (Å²) in [7, 11) is 0. The number of pyridine rings is 1. The van der Waals surface area contributed by atoms with Crippen LogP contribution >= 0.6 is 0 Å². The molecule has 0 fully saturated rings. The number of nitrogens with one attached hydrogen (secondary N) is 2. The molecule has 0 saturated heterocycles. The third-order valence-corrected chi connectivity index (χ3v) is 1.92. The number of anilines is 2. The molecule has 0 radical (unpaired) electrons. The van der Waals surface area contributed by atoms with Gasteiger partial charge >= 0.3 is 0 Å². The highest BCUT2D eigenvalue weighted by Gasteiger charge is 2.13. The van der Waals surface area contributed by atoms with E-state index in [9.17, 15) is 9.18 Å². The second-order valence-electron chi connectivity index (χ2n) is 3.01. The number of nitrogens with zero attached hydrogens (tertiary/aromatic N) is 2. The number of aromatic amines is 1. The van der Waals surface area contributed by atoms with Crippen LogP contribution in [0.15, 0.2) is 24.7 Å². The summed E-state index contributed by atoms with van der Waals surface area (Å²) in [5, 5.41) is 8.36. The van der Waals surface area contributed by atoms with Gasteiger partial charge in [0.1, 0.15) is 5.69 Å². The smallest absolute Gasteiger partial charge is 0.275 e. The van der Waals surface area contributed by atoms with Gasteiger partial charge in [0.15, 0.2) is 5.82 Å². The van der Waals surface area contributed by atoms with E-state index < -0.39 is 11.7 Å². The maximum absolute atomic E-state index is 13.2. The lowest BCUT2D eigenvalue weighted by Gasteiger charge is -2.04. The van der Waals surface area contributed by atoms with Crippen LogP contribution < -0.4 is 11.1 Å². The van der Waals surface area contributed by atoms with E-state index in [1.54, 1.807) is 0 Å². The van der Waals surface area contributed by atoms with E-state index in [4.69, 9.17) is 5.73 Å². The van der Waals surface area contributed by atoms with Gasteiger partial charge in [-0.1, -0.05) is 0 Å². The van der Waals surface area contributed by atoms with E-state index in [1.807, 2.05) is 0 Å². The third kappa shape index (κ3) is 1.83. The first kappa shape index (κ1) is 10.1. The van der Waals surface area contributed by atoms with Crippen molar-refractivity contribution in [3.63, 3.8) is 0 Å². The predicted octanol–water partition coefficient (Wildman–Crippen LogP) is 0.778. The van der Waals surface area contributed by atoms with E-state index in [0.29, 0.717) is 0 Å². The Morgan fingerprint density at radius 2 is 2.31 bits per heavy atom. The number of amides is 1. The number of carbonyl (C=O) groups is 1. The Morgan fingerprint density at radius 3 is 2.94 bits per heavy atom. The van der Waals surface area contributed by atoms with E-state index >= 15 is 0 Å². The molecule has 0 atom stereocenters. The second kappa shape index (κ2) is 3.97. The molecular formula is C9H8FN5O. The van der Waals surface area contributed by atoms with Crippen LogP contribution in [0, 0.1) is 5.82 Å². The minimum absolute atomic E-state index is 0.0361. The van der Waals surface area contributed by atoms with Gasteiger partial charge in [-0.05, 0) is 6.07 Å². The summed E-state index contributed by atoms with van der Waals surface area (Å²) in [4.78, 5) is 15.2. The molecule has 2 aromatic heterocycles. The monoisotopic (exact) mass is 221 g/mol. The zero-order chi connectivity index (χ0) is 11.5. The molecule has 0 aliphatic heterocycles. The Hall–Kier alpha value is -2.44. The van der Waals surface area contributed by atoms with Crippen molar-refractivity contribution in [2.45, 2.75) is 0 Å². The van der Waals surface area contributed by atoms with Crippen LogP contribution in [0.5, 0.6) is 0 Å². The Balaban J connectivity index is 2.21. The summed E-state index contributed by atoms with van der Waals surface area (Å²) >= 11 is 0. The van der Waals surface area contributed by atoms with Gasteiger partial charge in [0.05, 0.1) is 23.8 Å². The first-order valence-corrected chi connectivity index (χ1v) is 4.38. The van der Waals surface area contributed by atoms with E-state index in [0.717, 1.165) is 6.20 Å². The number of rotatable bonds is 2. The van der Waals surface area contributed by atoms with Crippen molar-refractivity contribution in [2.24, 2.45) is 0 Å². The fourth-order valence-electron chi connectivity index (χ4n) is 1.14. The normalized spacial score (nSPS) is 10.1. The molecule has 0 aliphatic rings. The molecule has 82 valence electrons. The van der Waals surface area contributed by atoms with E-state index in [-0.39, 0.29) is 17.1 Å². The Morgan fingerprint density at radius 1 is 1.50 bits per heavy atom. The quantitative estimate of drug-likeness (QED) is 0.698. The van der Waals surface area contributed by atoms with Gasteiger partial charge in [-0.15, -0.1) is 0 Å². The molecule has 0 bridgehead atoms. The number of nitrogens with two attached hydrogens (primary N) is 1. The number of nitrogen functional groups attached to an aromatic ring is 1. The van der Waals surface area contributed by atoms with Crippen LogP contribution in [0.1, 0.15) is 10.5 Å². The molecule has 16 heavy (non-hydrogen) atoms. The topological polar surface area (TPSA) is 96.7 Å². The predicted molar refractivity (Wildman–Crippen MR) is 55.1 cm³/mol. The van der Waals surface area contributed by atoms with Crippen LogP contribution in [-0.4, -0.2) is 21.1 Å². The summed E-state index contributed by atoms with van der Waals surface area (Å²) in [6.07, 6.45) is 3.68. The number of H-pyrrole nitrogens is 1. The minimum atomic E-state index is -0.617. The number of aromatic nitrogens is 3. The average Bonchev–Trinajstić information content (AvgIpc) is 2.68. The molecule has 2 aromatic rings.